The molecule has 0 amide bonds. The van der Waals surface area contributed by atoms with Crippen molar-refractivity contribution >= 4 is 20.2 Å². The first-order valence-corrected chi connectivity index (χ1v) is 15.5. The molecule has 0 fully saturated rings. The van der Waals surface area contributed by atoms with Crippen LogP contribution in [-0.2, 0) is 20.2 Å². The zero-order valence-electron chi connectivity index (χ0n) is 23.8. The van der Waals surface area contributed by atoms with Crippen LogP contribution in [0.15, 0.2) is 9.79 Å². The molecule has 49 heavy (non-hydrogen) atoms. The van der Waals surface area contributed by atoms with Crippen LogP contribution in [0.2, 0.25) is 0 Å². The van der Waals surface area contributed by atoms with Gasteiger partial charge in [0.05, 0.1) is 0 Å². The maximum Gasteiger partial charge on any atom is 0.300 e. The summed E-state index contributed by atoms with van der Waals surface area (Å²) in [7, 11) is -11.7. The lowest BCUT2D eigenvalue weighted by Gasteiger charge is -2.23. The van der Waals surface area contributed by atoms with Crippen molar-refractivity contribution in [2.24, 2.45) is 0 Å². The van der Waals surface area contributed by atoms with Crippen molar-refractivity contribution in [2.75, 3.05) is 39.5 Å². The third-order valence-corrected chi connectivity index (χ3v) is 8.03. The van der Waals surface area contributed by atoms with Crippen molar-refractivity contribution in [1.29, 1.82) is 0 Å². The van der Waals surface area contributed by atoms with Gasteiger partial charge in [-0.1, -0.05) is 0 Å². The Balaban J connectivity index is 1.85. The summed E-state index contributed by atoms with van der Waals surface area (Å²) in [6, 6.07) is 0. The second kappa shape index (κ2) is 14.9. The maximum atomic E-state index is 14.3. The highest BCUT2D eigenvalue weighted by Gasteiger charge is 2.35. The summed E-state index contributed by atoms with van der Waals surface area (Å²) < 4.78 is 246. The zero-order chi connectivity index (χ0) is 37.3. The van der Waals surface area contributed by atoms with Gasteiger partial charge in [-0.25, -0.2) is 26.3 Å². The molecule has 3 rings (SSSR count). The third-order valence-electron chi connectivity index (χ3n) is 6.29. The van der Waals surface area contributed by atoms with Crippen molar-refractivity contribution < 1.29 is 92.8 Å². The highest BCUT2D eigenvalue weighted by Crippen LogP contribution is 2.34. The van der Waals surface area contributed by atoms with Gasteiger partial charge in [-0.3, -0.25) is 14.0 Å². The first kappa shape index (κ1) is 39.4. The summed E-state index contributed by atoms with van der Waals surface area (Å²) in [6.07, 6.45) is 0. The molecule has 2 N–H and O–H groups in total. The lowest BCUT2D eigenvalue weighted by atomic mass is 10.2. The van der Waals surface area contributed by atoms with Gasteiger partial charge < -0.3 is 14.2 Å². The quantitative estimate of drug-likeness (QED) is 0.131. The van der Waals surface area contributed by atoms with Crippen molar-refractivity contribution in [3.8, 4) is 17.2 Å². The van der Waals surface area contributed by atoms with Gasteiger partial charge >= 0.3 is 20.2 Å². The molecule has 0 atom stereocenters. The molecular formula is C25H17F12NO9S2. The Bertz CT molecular complexity index is 1820. The van der Waals surface area contributed by atoms with Crippen LogP contribution in [0.3, 0.4) is 0 Å². The Labute approximate surface area is 266 Å². The molecular weight excluding hydrogens is 750 g/mol. The SMILES string of the molecule is Cc1c(F)c(F)c(OCCN(CCOc2c(F)c(F)c(S(=O)(=O)O)c(F)c2F)CCOc2c(F)c(F)c(S(=O)(=O)O)c(F)c2F)c(F)c1F. The minimum Gasteiger partial charge on any atom is -0.486 e. The van der Waals surface area contributed by atoms with E-state index in [1.807, 2.05) is 0 Å². The molecule has 0 unspecified atom stereocenters. The van der Waals surface area contributed by atoms with Gasteiger partial charge in [0.1, 0.15) is 19.8 Å². The molecule has 0 bridgehead atoms. The van der Waals surface area contributed by atoms with Crippen LogP contribution in [-0.4, -0.2) is 70.3 Å². The molecule has 10 nitrogen and oxygen atoms in total. The molecule has 3 aromatic rings. The van der Waals surface area contributed by atoms with Crippen molar-refractivity contribution in [3.05, 3.63) is 75.4 Å². The second-order valence-corrected chi connectivity index (χ2v) is 12.1. The topological polar surface area (TPSA) is 140 Å². The number of ether oxygens (including phenoxy) is 3. The Kier molecular flexibility index (Phi) is 12.0. The summed E-state index contributed by atoms with van der Waals surface area (Å²) in [5.74, 6) is -33.1. The van der Waals surface area contributed by atoms with Gasteiger partial charge in [-0.05, 0) is 6.92 Å². The monoisotopic (exact) mass is 767 g/mol. The molecule has 0 radical (unpaired) electrons. The van der Waals surface area contributed by atoms with E-state index in [1.54, 1.807) is 0 Å². The Morgan fingerprint density at radius 1 is 0.449 bits per heavy atom. The van der Waals surface area contributed by atoms with Gasteiger partial charge in [0.25, 0.3) is 0 Å². The van der Waals surface area contributed by atoms with E-state index in [0.29, 0.717) is 6.92 Å². The fourth-order valence-electron chi connectivity index (χ4n) is 3.90. The van der Waals surface area contributed by atoms with Crippen LogP contribution >= 0.6 is 0 Å². The minimum absolute atomic E-state index is 0.687. The lowest BCUT2D eigenvalue weighted by molar-refractivity contribution is 0.141. The minimum atomic E-state index is -5.83. The van der Waals surface area contributed by atoms with Gasteiger partial charge in [-0.2, -0.15) is 43.2 Å². The highest BCUT2D eigenvalue weighted by molar-refractivity contribution is 7.86. The zero-order valence-corrected chi connectivity index (χ0v) is 25.4. The molecule has 3 aromatic carbocycles. The molecule has 0 saturated carbocycles. The van der Waals surface area contributed by atoms with Crippen LogP contribution in [0.5, 0.6) is 17.2 Å². The molecule has 0 heterocycles. The van der Waals surface area contributed by atoms with Gasteiger partial charge in [0.15, 0.2) is 61.9 Å². The fourth-order valence-corrected chi connectivity index (χ4v) is 5.17. The predicted molar refractivity (Wildman–Crippen MR) is 136 cm³/mol. The van der Waals surface area contributed by atoms with E-state index >= 15 is 0 Å². The van der Waals surface area contributed by atoms with Gasteiger partial charge in [0, 0.05) is 25.2 Å². The molecule has 0 aromatic heterocycles. The second-order valence-electron chi connectivity index (χ2n) is 9.38. The van der Waals surface area contributed by atoms with E-state index in [2.05, 4.69) is 9.47 Å². The lowest BCUT2D eigenvalue weighted by Crippen LogP contribution is -2.36. The maximum absolute atomic E-state index is 14.3. The molecule has 0 aliphatic heterocycles. The Morgan fingerprint density at radius 3 is 0.898 bits per heavy atom. The number of benzene rings is 3. The first-order valence-electron chi connectivity index (χ1n) is 12.6. The van der Waals surface area contributed by atoms with Crippen molar-refractivity contribution in [1.82, 2.24) is 4.90 Å². The Hall–Kier alpha value is -4.00. The van der Waals surface area contributed by atoms with E-state index in [-0.39, 0.29) is 0 Å². The average Bonchev–Trinajstić information content (AvgIpc) is 3.00. The van der Waals surface area contributed by atoms with E-state index < -0.39 is 162 Å². The van der Waals surface area contributed by atoms with Crippen LogP contribution in [0, 0.1) is 76.7 Å². The van der Waals surface area contributed by atoms with Crippen LogP contribution in [0.4, 0.5) is 52.7 Å². The smallest absolute Gasteiger partial charge is 0.300 e. The summed E-state index contributed by atoms with van der Waals surface area (Å²) in [4.78, 5) is -3.93. The number of nitrogens with zero attached hydrogens (tertiary/aromatic N) is 1. The molecule has 0 saturated heterocycles. The highest BCUT2D eigenvalue weighted by atomic mass is 32.2. The van der Waals surface area contributed by atoms with Gasteiger partial charge in [-0.15, -0.1) is 0 Å². The predicted octanol–water partition coefficient (Wildman–Crippen LogP) is 5.00. The first-order chi connectivity index (χ1) is 22.5. The van der Waals surface area contributed by atoms with Gasteiger partial charge in [0.2, 0.25) is 34.9 Å². The molecule has 0 aliphatic rings. The summed E-state index contributed by atoms with van der Waals surface area (Å²) in [5, 5.41) is 0. The van der Waals surface area contributed by atoms with Crippen LogP contribution < -0.4 is 14.2 Å². The largest absolute Gasteiger partial charge is 0.486 e. The molecule has 272 valence electrons. The van der Waals surface area contributed by atoms with E-state index in [9.17, 15) is 69.5 Å². The van der Waals surface area contributed by atoms with E-state index in [1.165, 1.54) is 0 Å². The normalized spacial score (nSPS) is 12.2. The van der Waals surface area contributed by atoms with Crippen molar-refractivity contribution in [3.63, 3.8) is 0 Å². The average molecular weight is 768 g/mol. The standard InChI is InChI=1S/C25H17F12NO9S2/c1-8-9(26)11(28)21(12(29)10(8)27)45-5-2-38(3-6-46-22-13(30)17(34)24(48(39,40)41)18(35)14(22)31)4-7-47-23-15(32)19(36)25(49(42,43)44)20(37)16(23)33/h2-7H2,1H3,(H,39,40,41)(H,42,43,44). The fraction of sp³-hybridized carbons (Fsp3) is 0.280. The number of rotatable bonds is 14. The van der Waals surface area contributed by atoms with E-state index in [4.69, 9.17) is 13.8 Å². The molecule has 0 aliphatic carbocycles. The summed E-state index contributed by atoms with van der Waals surface area (Å²) in [6.45, 7) is -4.51. The Morgan fingerprint density at radius 2 is 0.673 bits per heavy atom. The number of halogens is 12. The van der Waals surface area contributed by atoms with Crippen LogP contribution in [0.1, 0.15) is 5.56 Å². The number of hydrogen-bond acceptors (Lipinski definition) is 8. The van der Waals surface area contributed by atoms with Crippen molar-refractivity contribution in [2.45, 2.75) is 16.7 Å². The third kappa shape index (κ3) is 8.08. The molecule has 0 spiro atoms. The summed E-state index contributed by atoms with van der Waals surface area (Å²) in [5.41, 5.74) is -1.05. The number of hydrogen-bond donors (Lipinski definition) is 2. The van der Waals surface area contributed by atoms with Crippen LogP contribution in [0.25, 0.3) is 0 Å². The van der Waals surface area contributed by atoms with E-state index in [0.717, 1.165) is 4.90 Å². The molecule has 24 heteroatoms. The summed E-state index contributed by atoms with van der Waals surface area (Å²) >= 11 is 0.